The molecule has 1 fully saturated rings. The second-order valence-electron chi connectivity index (χ2n) is 5.43. The molecule has 6 heteroatoms. The van der Waals surface area contributed by atoms with Crippen molar-refractivity contribution in [3.8, 4) is 11.3 Å². The van der Waals surface area contributed by atoms with Gasteiger partial charge >= 0.3 is 0 Å². The molecule has 1 N–H and O–H groups in total. The fourth-order valence-corrected chi connectivity index (χ4v) is 3.33. The number of hydrogen-bond donors (Lipinski definition) is 1. The summed E-state index contributed by atoms with van der Waals surface area (Å²) in [5.74, 6) is 0.603. The van der Waals surface area contributed by atoms with Crippen LogP contribution in [0.4, 0.5) is 0 Å². The van der Waals surface area contributed by atoms with Crippen LogP contribution in [0.1, 0.15) is 38.1 Å². The highest BCUT2D eigenvalue weighted by Gasteiger charge is 2.26. The van der Waals surface area contributed by atoms with E-state index in [2.05, 4.69) is 0 Å². The average Bonchev–Trinajstić information content (AvgIpc) is 2.97. The van der Waals surface area contributed by atoms with Crippen molar-refractivity contribution >= 4 is 10.1 Å². The Kier molecular flexibility index (Phi) is 3.82. The van der Waals surface area contributed by atoms with Crippen molar-refractivity contribution in [1.82, 2.24) is 0 Å². The minimum atomic E-state index is -4.20. The lowest BCUT2D eigenvalue weighted by molar-refractivity contribution is -0.882. The van der Waals surface area contributed by atoms with Gasteiger partial charge < -0.3 is 0 Å². The van der Waals surface area contributed by atoms with Gasteiger partial charge in [0.25, 0.3) is 10.1 Å². The molecule has 0 bridgehead atoms. The molecule has 1 aliphatic rings. The molecule has 5 nitrogen and oxygen atoms in total. The molecule has 2 aromatic rings. The molecule has 0 aliphatic heterocycles. The fraction of sp³-hybridized carbons (Fsp3) is 0.400. The lowest BCUT2D eigenvalue weighted by Gasteiger charge is -2.13. The highest BCUT2D eigenvalue weighted by molar-refractivity contribution is 7.85. The third kappa shape index (κ3) is 3.16. The van der Waals surface area contributed by atoms with Gasteiger partial charge in [-0.15, -0.1) is 0 Å². The normalized spacial score (nSPS) is 17.0. The van der Waals surface area contributed by atoms with Gasteiger partial charge in [-0.1, -0.05) is 18.6 Å². The minimum absolute atomic E-state index is 0.124. The summed E-state index contributed by atoms with van der Waals surface area (Å²) < 4.78 is 39.2. The second kappa shape index (κ2) is 5.61. The van der Waals surface area contributed by atoms with Crippen LogP contribution in [0.2, 0.25) is 0 Å². The summed E-state index contributed by atoms with van der Waals surface area (Å²) in [5.41, 5.74) is 0.639. The molecule has 1 heterocycles. The molecule has 0 saturated heterocycles. The molecule has 0 atom stereocenters. The van der Waals surface area contributed by atoms with E-state index < -0.39 is 10.1 Å². The summed E-state index contributed by atoms with van der Waals surface area (Å²) >= 11 is 0. The number of aromatic nitrogens is 1. The van der Waals surface area contributed by atoms with Crippen LogP contribution in [-0.2, 0) is 10.1 Å². The summed E-state index contributed by atoms with van der Waals surface area (Å²) in [6.07, 6.45) is 7.83. The molecule has 112 valence electrons. The maximum absolute atomic E-state index is 11.2. The number of nitrogens with zero attached hydrogens (tertiary/aromatic N) is 1. The average molecular weight is 308 g/mol. The first kappa shape index (κ1) is 14.3. The van der Waals surface area contributed by atoms with E-state index in [1.165, 1.54) is 31.4 Å². The monoisotopic (exact) mass is 308 g/mol. The standard InChI is InChI=1S/C15H17NO4S/c17-21(18,19)14-8-4-5-12(11-14)15-9-10-16(20-15)13-6-2-1-3-7-13/h4-5,8-11,13H,1-3,6-7H2/p+1. The van der Waals surface area contributed by atoms with Crippen LogP contribution in [0.3, 0.4) is 0 Å². The Bertz CT molecular complexity index is 730. The van der Waals surface area contributed by atoms with E-state index in [-0.39, 0.29) is 4.90 Å². The van der Waals surface area contributed by atoms with Crippen LogP contribution in [0.25, 0.3) is 11.3 Å². The lowest BCUT2D eigenvalue weighted by Crippen LogP contribution is -2.38. The van der Waals surface area contributed by atoms with Crippen LogP contribution >= 0.6 is 0 Å². The Morgan fingerprint density at radius 2 is 1.90 bits per heavy atom. The molecule has 21 heavy (non-hydrogen) atoms. The first-order chi connectivity index (χ1) is 10.0. The van der Waals surface area contributed by atoms with Gasteiger partial charge in [-0.05, 0) is 29.7 Å². The topological polar surface area (TPSA) is 71.4 Å². The van der Waals surface area contributed by atoms with Crippen molar-refractivity contribution in [1.29, 1.82) is 0 Å². The van der Waals surface area contributed by atoms with Crippen molar-refractivity contribution in [2.24, 2.45) is 0 Å². The smallest absolute Gasteiger partial charge is 0.282 e. The maximum Gasteiger partial charge on any atom is 0.294 e. The van der Waals surface area contributed by atoms with Crippen LogP contribution in [-0.4, -0.2) is 13.0 Å². The Hall–Kier alpha value is -1.66. The molecule has 1 aromatic heterocycles. The number of benzene rings is 1. The predicted octanol–water partition coefficient (Wildman–Crippen LogP) is 2.99. The van der Waals surface area contributed by atoms with Crippen molar-refractivity contribution in [3.05, 3.63) is 36.5 Å². The quantitative estimate of drug-likeness (QED) is 0.699. The summed E-state index contributed by atoms with van der Waals surface area (Å²) in [6, 6.07) is 8.34. The van der Waals surface area contributed by atoms with E-state index in [0.29, 0.717) is 17.4 Å². The third-order valence-corrected chi connectivity index (χ3v) is 4.78. The molecule has 1 aliphatic carbocycles. The van der Waals surface area contributed by atoms with Gasteiger partial charge in [0, 0.05) is 18.4 Å². The van der Waals surface area contributed by atoms with Gasteiger partial charge in [-0.3, -0.25) is 4.55 Å². The van der Waals surface area contributed by atoms with E-state index in [0.717, 1.165) is 12.8 Å². The summed E-state index contributed by atoms with van der Waals surface area (Å²) in [6.45, 7) is 0. The van der Waals surface area contributed by atoms with Crippen molar-refractivity contribution in [3.63, 3.8) is 0 Å². The van der Waals surface area contributed by atoms with Crippen LogP contribution in [0, 0.1) is 0 Å². The zero-order chi connectivity index (χ0) is 14.9. The van der Waals surface area contributed by atoms with Gasteiger partial charge in [0.2, 0.25) is 18.0 Å². The molecule has 0 radical (unpaired) electrons. The Balaban J connectivity index is 1.89. The van der Waals surface area contributed by atoms with E-state index in [1.54, 1.807) is 12.1 Å². The van der Waals surface area contributed by atoms with Crippen LogP contribution in [0.5, 0.6) is 0 Å². The van der Waals surface area contributed by atoms with E-state index >= 15 is 0 Å². The first-order valence-electron chi connectivity index (χ1n) is 7.13. The Labute approximate surface area is 123 Å². The van der Waals surface area contributed by atoms with Crippen molar-refractivity contribution < 1.29 is 22.2 Å². The van der Waals surface area contributed by atoms with Crippen LogP contribution in [0.15, 0.2) is 45.9 Å². The minimum Gasteiger partial charge on any atom is -0.282 e. The van der Waals surface area contributed by atoms with E-state index in [4.69, 9.17) is 9.08 Å². The van der Waals surface area contributed by atoms with E-state index in [1.807, 2.05) is 17.0 Å². The second-order valence-corrected chi connectivity index (χ2v) is 6.85. The zero-order valence-electron chi connectivity index (χ0n) is 11.6. The third-order valence-electron chi connectivity index (χ3n) is 3.93. The first-order valence-corrected chi connectivity index (χ1v) is 8.57. The Morgan fingerprint density at radius 3 is 2.62 bits per heavy atom. The van der Waals surface area contributed by atoms with Gasteiger partial charge in [-0.2, -0.15) is 8.42 Å². The maximum atomic E-state index is 11.2. The molecule has 0 unspecified atom stereocenters. The van der Waals surface area contributed by atoms with Gasteiger partial charge in [-0.25, -0.2) is 4.52 Å². The molecule has 1 saturated carbocycles. The van der Waals surface area contributed by atoms with Crippen LogP contribution < -0.4 is 4.74 Å². The van der Waals surface area contributed by atoms with Crippen molar-refractivity contribution in [2.45, 2.75) is 43.0 Å². The van der Waals surface area contributed by atoms with Gasteiger partial charge in [0.15, 0.2) is 0 Å². The molecule has 1 aromatic carbocycles. The van der Waals surface area contributed by atoms with E-state index in [9.17, 15) is 8.42 Å². The molecule has 3 rings (SSSR count). The molecule has 0 amide bonds. The lowest BCUT2D eigenvalue weighted by atomic mass is 9.96. The molecular formula is C15H18NO4S+. The van der Waals surface area contributed by atoms with Gasteiger partial charge in [0.05, 0.1) is 11.0 Å². The SMILES string of the molecule is O=S(=O)(O)c1cccc(-c2cc[n+](C3CCCCC3)o2)c1. The largest absolute Gasteiger partial charge is 0.294 e. The fourth-order valence-electron chi connectivity index (χ4n) is 2.81. The van der Waals surface area contributed by atoms with Crippen molar-refractivity contribution in [2.75, 3.05) is 0 Å². The van der Waals surface area contributed by atoms with Gasteiger partial charge in [0.1, 0.15) is 0 Å². The highest BCUT2D eigenvalue weighted by atomic mass is 32.2. The Morgan fingerprint density at radius 1 is 1.14 bits per heavy atom. The highest BCUT2D eigenvalue weighted by Crippen LogP contribution is 2.26. The summed E-state index contributed by atoms with van der Waals surface area (Å²) in [4.78, 5) is -0.124. The predicted molar refractivity (Wildman–Crippen MR) is 76.3 cm³/mol. The number of rotatable bonds is 3. The molecular weight excluding hydrogens is 290 g/mol. The summed E-state index contributed by atoms with van der Waals surface area (Å²) in [7, 11) is -4.20. The molecule has 0 spiro atoms. The summed E-state index contributed by atoms with van der Waals surface area (Å²) in [5, 5.41) is 0. The zero-order valence-corrected chi connectivity index (χ0v) is 12.4. The number of hydrogen-bond acceptors (Lipinski definition) is 3.